The van der Waals surface area contributed by atoms with E-state index in [1.54, 1.807) is 12.1 Å². The summed E-state index contributed by atoms with van der Waals surface area (Å²) >= 11 is 0. The first-order chi connectivity index (χ1) is 11.1. The van der Waals surface area contributed by atoms with Gasteiger partial charge in [0.15, 0.2) is 5.82 Å². The predicted molar refractivity (Wildman–Crippen MR) is 88.7 cm³/mol. The molecule has 3 aromatic rings. The zero-order valence-electron chi connectivity index (χ0n) is 12.8. The Balaban J connectivity index is 1.79. The molecule has 0 aliphatic heterocycles. The van der Waals surface area contributed by atoms with Crippen molar-refractivity contribution in [3.05, 3.63) is 65.6 Å². The first-order valence-corrected chi connectivity index (χ1v) is 7.16. The van der Waals surface area contributed by atoms with Crippen LogP contribution in [0.1, 0.15) is 11.1 Å². The molecular weight excluding hydrogens is 293 g/mol. The van der Waals surface area contributed by atoms with Gasteiger partial charge >= 0.3 is 0 Å². The van der Waals surface area contributed by atoms with Gasteiger partial charge in [0.1, 0.15) is 5.82 Å². The second-order valence-corrected chi connectivity index (χ2v) is 5.30. The standard InChI is InChI=1S/C17H16FN5/c1-11-6-12(2)8-15(7-11)21-17-22-16(10-19-23-17)20-14-5-3-4-13(18)9-14/h3-10H,1-2H3,(H2,20,21,22,23). The lowest BCUT2D eigenvalue weighted by molar-refractivity contribution is 0.628. The van der Waals surface area contributed by atoms with Crippen LogP contribution in [0.2, 0.25) is 0 Å². The third-order valence-corrected chi connectivity index (χ3v) is 3.13. The monoisotopic (exact) mass is 309 g/mol. The second-order valence-electron chi connectivity index (χ2n) is 5.30. The zero-order valence-corrected chi connectivity index (χ0v) is 12.8. The zero-order chi connectivity index (χ0) is 16.2. The number of benzene rings is 2. The van der Waals surface area contributed by atoms with Crippen molar-refractivity contribution < 1.29 is 4.39 Å². The van der Waals surface area contributed by atoms with Crippen LogP contribution in [-0.4, -0.2) is 15.2 Å². The molecule has 6 heteroatoms. The van der Waals surface area contributed by atoms with Crippen LogP contribution in [0.3, 0.4) is 0 Å². The average molecular weight is 309 g/mol. The maximum Gasteiger partial charge on any atom is 0.249 e. The SMILES string of the molecule is Cc1cc(C)cc(Nc2nncc(Nc3cccc(F)c3)n2)c1. The Morgan fingerprint density at radius 2 is 1.70 bits per heavy atom. The van der Waals surface area contributed by atoms with E-state index in [1.165, 1.54) is 18.3 Å². The van der Waals surface area contributed by atoms with Crippen molar-refractivity contribution in [3.63, 3.8) is 0 Å². The Kier molecular flexibility index (Phi) is 4.14. The van der Waals surface area contributed by atoms with E-state index < -0.39 is 0 Å². The van der Waals surface area contributed by atoms with Crippen LogP contribution in [0.15, 0.2) is 48.7 Å². The molecule has 0 saturated carbocycles. The minimum Gasteiger partial charge on any atom is -0.339 e. The molecule has 116 valence electrons. The molecule has 0 aliphatic rings. The van der Waals surface area contributed by atoms with E-state index in [4.69, 9.17) is 0 Å². The number of aromatic nitrogens is 3. The number of anilines is 4. The van der Waals surface area contributed by atoms with Gasteiger partial charge in [0, 0.05) is 11.4 Å². The van der Waals surface area contributed by atoms with E-state index >= 15 is 0 Å². The molecule has 0 saturated heterocycles. The van der Waals surface area contributed by atoms with E-state index in [9.17, 15) is 4.39 Å². The van der Waals surface area contributed by atoms with Gasteiger partial charge in [-0.15, -0.1) is 5.10 Å². The molecule has 23 heavy (non-hydrogen) atoms. The Morgan fingerprint density at radius 3 is 2.43 bits per heavy atom. The Bertz CT molecular complexity index is 814. The van der Waals surface area contributed by atoms with Crippen LogP contribution >= 0.6 is 0 Å². The smallest absolute Gasteiger partial charge is 0.249 e. The third kappa shape index (κ3) is 4.00. The lowest BCUT2D eigenvalue weighted by atomic mass is 10.1. The van der Waals surface area contributed by atoms with Crippen molar-refractivity contribution in [3.8, 4) is 0 Å². The maximum atomic E-state index is 13.2. The van der Waals surface area contributed by atoms with Crippen LogP contribution in [-0.2, 0) is 0 Å². The van der Waals surface area contributed by atoms with Gasteiger partial charge < -0.3 is 10.6 Å². The molecule has 2 aromatic carbocycles. The highest BCUT2D eigenvalue weighted by Gasteiger charge is 2.03. The van der Waals surface area contributed by atoms with E-state index in [1.807, 2.05) is 26.0 Å². The van der Waals surface area contributed by atoms with Crippen LogP contribution in [0.5, 0.6) is 0 Å². The average Bonchev–Trinajstić information content (AvgIpc) is 2.46. The fourth-order valence-electron chi connectivity index (χ4n) is 2.31. The maximum absolute atomic E-state index is 13.2. The molecule has 1 aromatic heterocycles. The second kappa shape index (κ2) is 6.39. The van der Waals surface area contributed by atoms with E-state index in [0.717, 1.165) is 16.8 Å². The number of aryl methyl sites for hydroxylation is 2. The first-order valence-electron chi connectivity index (χ1n) is 7.16. The Morgan fingerprint density at radius 1 is 0.913 bits per heavy atom. The number of rotatable bonds is 4. The molecule has 0 amide bonds. The molecule has 0 fully saturated rings. The lowest BCUT2D eigenvalue weighted by Gasteiger charge is -2.09. The normalized spacial score (nSPS) is 10.4. The van der Waals surface area contributed by atoms with E-state index in [2.05, 4.69) is 31.9 Å². The summed E-state index contributed by atoms with van der Waals surface area (Å²) in [5.74, 6) is 0.541. The highest BCUT2D eigenvalue weighted by molar-refractivity contribution is 5.59. The number of halogens is 1. The number of hydrogen-bond acceptors (Lipinski definition) is 5. The Hall–Kier alpha value is -3.02. The summed E-state index contributed by atoms with van der Waals surface area (Å²) in [6, 6.07) is 12.2. The molecule has 0 aliphatic carbocycles. The summed E-state index contributed by atoms with van der Waals surface area (Å²) < 4.78 is 13.2. The van der Waals surface area contributed by atoms with Gasteiger partial charge in [-0.2, -0.15) is 10.1 Å². The number of nitrogens with zero attached hydrogens (tertiary/aromatic N) is 3. The Labute approximate surface area is 133 Å². The molecule has 0 radical (unpaired) electrons. The largest absolute Gasteiger partial charge is 0.339 e. The predicted octanol–water partition coefficient (Wildman–Crippen LogP) is 4.11. The van der Waals surface area contributed by atoms with Gasteiger partial charge in [0.2, 0.25) is 5.95 Å². The number of nitrogens with one attached hydrogen (secondary N) is 2. The highest BCUT2D eigenvalue weighted by Crippen LogP contribution is 2.19. The van der Waals surface area contributed by atoms with Crippen LogP contribution in [0, 0.1) is 19.7 Å². The quantitative estimate of drug-likeness (QED) is 0.759. The molecule has 5 nitrogen and oxygen atoms in total. The first kappa shape index (κ1) is 14.9. The summed E-state index contributed by atoms with van der Waals surface area (Å²) in [5, 5.41) is 14.0. The summed E-state index contributed by atoms with van der Waals surface area (Å²) in [7, 11) is 0. The van der Waals surface area contributed by atoms with Gasteiger partial charge in [0.25, 0.3) is 0 Å². The van der Waals surface area contributed by atoms with Gasteiger partial charge in [0.05, 0.1) is 6.20 Å². The third-order valence-electron chi connectivity index (χ3n) is 3.13. The van der Waals surface area contributed by atoms with Gasteiger partial charge in [-0.25, -0.2) is 4.39 Å². The van der Waals surface area contributed by atoms with Crippen LogP contribution in [0.4, 0.5) is 27.5 Å². The van der Waals surface area contributed by atoms with Crippen molar-refractivity contribution in [2.75, 3.05) is 10.6 Å². The van der Waals surface area contributed by atoms with Gasteiger partial charge in [-0.1, -0.05) is 12.1 Å². The summed E-state index contributed by atoms with van der Waals surface area (Å²) in [4.78, 5) is 4.33. The molecule has 1 heterocycles. The lowest BCUT2D eigenvalue weighted by Crippen LogP contribution is -2.02. The summed E-state index contributed by atoms with van der Waals surface area (Å²) in [5.41, 5.74) is 3.79. The topological polar surface area (TPSA) is 62.7 Å². The molecule has 0 spiro atoms. The fraction of sp³-hybridized carbons (Fsp3) is 0.118. The van der Waals surface area contributed by atoms with E-state index in [-0.39, 0.29) is 5.82 Å². The number of hydrogen-bond donors (Lipinski definition) is 2. The van der Waals surface area contributed by atoms with Crippen molar-refractivity contribution in [1.82, 2.24) is 15.2 Å². The van der Waals surface area contributed by atoms with Gasteiger partial charge in [-0.3, -0.25) is 0 Å². The molecule has 0 atom stereocenters. The van der Waals surface area contributed by atoms with E-state index in [0.29, 0.717) is 17.5 Å². The molecular formula is C17H16FN5. The molecule has 0 bridgehead atoms. The van der Waals surface area contributed by atoms with Crippen molar-refractivity contribution in [2.24, 2.45) is 0 Å². The van der Waals surface area contributed by atoms with Crippen molar-refractivity contribution >= 4 is 23.1 Å². The van der Waals surface area contributed by atoms with Crippen molar-refractivity contribution in [2.45, 2.75) is 13.8 Å². The van der Waals surface area contributed by atoms with Crippen LogP contribution < -0.4 is 10.6 Å². The highest BCUT2D eigenvalue weighted by atomic mass is 19.1. The van der Waals surface area contributed by atoms with Crippen molar-refractivity contribution in [1.29, 1.82) is 0 Å². The molecule has 2 N–H and O–H groups in total. The summed E-state index contributed by atoms with van der Waals surface area (Å²) in [6.45, 7) is 4.05. The molecule has 0 unspecified atom stereocenters. The van der Waals surface area contributed by atoms with Crippen LogP contribution in [0.25, 0.3) is 0 Å². The fourth-order valence-corrected chi connectivity index (χ4v) is 2.31. The minimum absolute atomic E-state index is 0.314. The minimum atomic E-state index is -0.314. The van der Waals surface area contributed by atoms with Gasteiger partial charge in [-0.05, 0) is 55.3 Å². The molecule has 3 rings (SSSR count). The summed E-state index contributed by atoms with van der Waals surface area (Å²) in [6.07, 6.45) is 1.48.